The van der Waals surface area contributed by atoms with Crippen LogP contribution in [0, 0.1) is 0 Å². The average Bonchev–Trinajstić information content (AvgIpc) is 2.09. The summed E-state index contributed by atoms with van der Waals surface area (Å²) in [5.74, 6) is 0. The van der Waals surface area contributed by atoms with Crippen molar-refractivity contribution in [2.45, 2.75) is 19.9 Å². The predicted octanol–water partition coefficient (Wildman–Crippen LogP) is 2.38. The summed E-state index contributed by atoms with van der Waals surface area (Å²) in [6.45, 7) is 2.47. The van der Waals surface area contributed by atoms with Gasteiger partial charge in [-0.05, 0) is 23.6 Å². The maximum absolute atomic E-state index is 8.56. The van der Waals surface area contributed by atoms with Gasteiger partial charge in [0, 0.05) is 11.6 Å². The minimum atomic E-state index is 0.406. The van der Waals surface area contributed by atoms with Gasteiger partial charge in [-0.1, -0.05) is 30.7 Å². The van der Waals surface area contributed by atoms with Crippen LogP contribution < -0.4 is 5.48 Å². The van der Waals surface area contributed by atoms with Crippen LogP contribution >= 0.6 is 11.6 Å². The van der Waals surface area contributed by atoms with Crippen molar-refractivity contribution in [2.75, 3.05) is 0 Å². The number of halogens is 1. The third kappa shape index (κ3) is 1.97. The first-order valence-corrected chi connectivity index (χ1v) is 4.30. The molecule has 0 atom stereocenters. The highest BCUT2D eigenvalue weighted by molar-refractivity contribution is 6.31. The van der Waals surface area contributed by atoms with E-state index >= 15 is 0 Å². The Morgan fingerprint density at radius 2 is 2.25 bits per heavy atom. The van der Waals surface area contributed by atoms with Crippen molar-refractivity contribution in [2.24, 2.45) is 0 Å². The molecule has 0 saturated heterocycles. The van der Waals surface area contributed by atoms with Gasteiger partial charge in [0.1, 0.15) is 0 Å². The van der Waals surface area contributed by atoms with E-state index in [9.17, 15) is 0 Å². The van der Waals surface area contributed by atoms with Crippen molar-refractivity contribution in [1.82, 2.24) is 5.48 Å². The van der Waals surface area contributed by atoms with Gasteiger partial charge in [-0.25, -0.2) is 5.48 Å². The molecule has 0 aromatic heterocycles. The summed E-state index contributed by atoms with van der Waals surface area (Å²) >= 11 is 5.94. The lowest BCUT2D eigenvalue weighted by molar-refractivity contribution is 0.161. The number of hydrogen-bond acceptors (Lipinski definition) is 2. The zero-order valence-electron chi connectivity index (χ0n) is 6.97. The van der Waals surface area contributed by atoms with Crippen molar-refractivity contribution in [1.29, 1.82) is 0 Å². The van der Waals surface area contributed by atoms with E-state index in [2.05, 4.69) is 12.4 Å². The second-order valence-electron chi connectivity index (χ2n) is 2.57. The molecule has 1 aromatic carbocycles. The van der Waals surface area contributed by atoms with Gasteiger partial charge in [-0.15, -0.1) is 0 Å². The molecule has 1 rings (SSSR count). The van der Waals surface area contributed by atoms with E-state index < -0.39 is 0 Å². The first-order valence-electron chi connectivity index (χ1n) is 3.92. The van der Waals surface area contributed by atoms with Crippen LogP contribution in [0.3, 0.4) is 0 Å². The number of aryl methyl sites for hydroxylation is 1. The second-order valence-corrected chi connectivity index (χ2v) is 2.97. The molecular formula is C9H12ClNO. The van der Waals surface area contributed by atoms with E-state index in [4.69, 9.17) is 16.8 Å². The quantitative estimate of drug-likeness (QED) is 0.709. The second kappa shape index (κ2) is 4.45. The molecule has 2 nitrogen and oxygen atoms in total. The molecule has 0 spiro atoms. The zero-order valence-corrected chi connectivity index (χ0v) is 7.73. The van der Waals surface area contributed by atoms with Crippen molar-refractivity contribution in [3.8, 4) is 0 Å². The predicted molar refractivity (Wildman–Crippen MR) is 49.5 cm³/mol. The van der Waals surface area contributed by atoms with Crippen LogP contribution in [0.2, 0.25) is 5.02 Å². The number of hydroxylamine groups is 1. The van der Waals surface area contributed by atoms with Gasteiger partial charge in [-0.2, -0.15) is 0 Å². The molecule has 0 aliphatic heterocycles. The molecule has 12 heavy (non-hydrogen) atoms. The average molecular weight is 186 g/mol. The van der Waals surface area contributed by atoms with E-state index in [1.54, 1.807) is 0 Å². The van der Waals surface area contributed by atoms with E-state index in [1.165, 1.54) is 5.56 Å². The number of nitrogens with one attached hydrogen (secondary N) is 1. The van der Waals surface area contributed by atoms with Gasteiger partial charge < -0.3 is 5.21 Å². The Labute approximate surface area is 77.1 Å². The lowest BCUT2D eigenvalue weighted by Crippen LogP contribution is -2.08. The summed E-state index contributed by atoms with van der Waals surface area (Å²) in [4.78, 5) is 0. The van der Waals surface area contributed by atoms with Gasteiger partial charge >= 0.3 is 0 Å². The SMILES string of the molecule is CCc1cccc(Cl)c1CNO. The normalized spacial score (nSPS) is 10.2. The van der Waals surface area contributed by atoms with E-state index in [0.717, 1.165) is 12.0 Å². The van der Waals surface area contributed by atoms with Crippen LogP contribution in [-0.4, -0.2) is 5.21 Å². The van der Waals surface area contributed by atoms with Crippen molar-refractivity contribution >= 4 is 11.6 Å². The summed E-state index contributed by atoms with van der Waals surface area (Å²) in [5, 5.41) is 9.26. The fraction of sp³-hybridized carbons (Fsp3) is 0.333. The maximum atomic E-state index is 8.56. The largest absolute Gasteiger partial charge is 0.316 e. The highest BCUT2D eigenvalue weighted by Gasteiger charge is 2.03. The topological polar surface area (TPSA) is 32.3 Å². The number of rotatable bonds is 3. The molecule has 3 heteroatoms. The van der Waals surface area contributed by atoms with Crippen LogP contribution in [0.15, 0.2) is 18.2 Å². The monoisotopic (exact) mass is 185 g/mol. The number of hydrogen-bond donors (Lipinski definition) is 2. The van der Waals surface area contributed by atoms with Crippen LogP contribution in [0.4, 0.5) is 0 Å². The third-order valence-corrected chi connectivity index (χ3v) is 2.21. The fourth-order valence-corrected chi connectivity index (χ4v) is 1.47. The highest BCUT2D eigenvalue weighted by Crippen LogP contribution is 2.19. The Bertz CT molecular complexity index is 263. The van der Waals surface area contributed by atoms with Gasteiger partial charge in [0.25, 0.3) is 0 Å². The molecule has 0 unspecified atom stereocenters. The maximum Gasteiger partial charge on any atom is 0.0475 e. The van der Waals surface area contributed by atoms with Gasteiger partial charge in [-0.3, -0.25) is 0 Å². The first-order chi connectivity index (χ1) is 5.79. The zero-order chi connectivity index (χ0) is 8.97. The molecular weight excluding hydrogens is 174 g/mol. The molecule has 1 aromatic rings. The van der Waals surface area contributed by atoms with Crippen molar-refractivity contribution < 1.29 is 5.21 Å². The van der Waals surface area contributed by atoms with Gasteiger partial charge in [0.05, 0.1) is 0 Å². The first kappa shape index (κ1) is 9.52. The minimum absolute atomic E-state index is 0.406. The lowest BCUT2D eigenvalue weighted by atomic mass is 10.1. The van der Waals surface area contributed by atoms with Crippen LogP contribution in [-0.2, 0) is 13.0 Å². The Morgan fingerprint density at radius 1 is 1.50 bits per heavy atom. The van der Waals surface area contributed by atoms with Gasteiger partial charge in [0.15, 0.2) is 0 Å². The lowest BCUT2D eigenvalue weighted by Gasteiger charge is -2.07. The van der Waals surface area contributed by atoms with E-state index in [-0.39, 0.29) is 0 Å². The Balaban J connectivity index is 3.02. The van der Waals surface area contributed by atoms with Crippen LogP contribution in [0.1, 0.15) is 18.1 Å². The Hall–Kier alpha value is -0.570. The summed E-state index contributed by atoms with van der Waals surface area (Å²) in [6, 6.07) is 5.76. The molecule has 0 aliphatic carbocycles. The summed E-state index contributed by atoms with van der Waals surface area (Å²) in [6.07, 6.45) is 0.928. The standard InChI is InChI=1S/C9H12ClNO/c1-2-7-4-3-5-9(10)8(7)6-11-12/h3-5,11-12H,2,6H2,1H3. The fourth-order valence-electron chi connectivity index (χ4n) is 1.21. The highest BCUT2D eigenvalue weighted by atomic mass is 35.5. The molecule has 0 radical (unpaired) electrons. The molecule has 0 heterocycles. The summed E-state index contributed by atoms with van der Waals surface area (Å²) < 4.78 is 0. The van der Waals surface area contributed by atoms with Crippen LogP contribution in [0.25, 0.3) is 0 Å². The molecule has 0 bridgehead atoms. The van der Waals surface area contributed by atoms with E-state index in [1.807, 2.05) is 18.2 Å². The molecule has 0 saturated carbocycles. The molecule has 0 aliphatic rings. The minimum Gasteiger partial charge on any atom is -0.316 e. The summed E-state index contributed by atoms with van der Waals surface area (Å²) in [5.41, 5.74) is 4.26. The van der Waals surface area contributed by atoms with E-state index in [0.29, 0.717) is 11.6 Å². The van der Waals surface area contributed by atoms with Crippen molar-refractivity contribution in [3.05, 3.63) is 34.3 Å². The van der Waals surface area contributed by atoms with Crippen molar-refractivity contribution in [3.63, 3.8) is 0 Å². The van der Waals surface area contributed by atoms with Gasteiger partial charge in [0.2, 0.25) is 0 Å². The third-order valence-electron chi connectivity index (χ3n) is 1.85. The molecule has 66 valence electrons. The smallest absolute Gasteiger partial charge is 0.0475 e. The Kier molecular flexibility index (Phi) is 3.53. The number of benzene rings is 1. The summed E-state index contributed by atoms with van der Waals surface area (Å²) in [7, 11) is 0. The molecule has 0 fully saturated rings. The Morgan fingerprint density at radius 3 is 2.83 bits per heavy atom. The molecule has 0 amide bonds. The van der Waals surface area contributed by atoms with Crippen LogP contribution in [0.5, 0.6) is 0 Å². The molecule has 2 N–H and O–H groups in total.